The van der Waals surface area contributed by atoms with E-state index >= 15 is 0 Å². The number of aryl methyl sites for hydroxylation is 1. The standard InChI is InChI=1S/C18H21NO3/c1-11-6-5-7-12(10-11)19-15(22)18-9-8-17(4,16(18,2)3)13(20)14(18)21/h5-7,10H,8-9H2,1-4H3,(H,19,22). The Morgan fingerprint density at radius 1 is 1.09 bits per heavy atom. The van der Waals surface area contributed by atoms with Crippen LogP contribution in [0.5, 0.6) is 0 Å². The van der Waals surface area contributed by atoms with E-state index in [0.29, 0.717) is 18.5 Å². The quantitative estimate of drug-likeness (QED) is 0.674. The molecule has 2 atom stereocenters. The number of anilines is 1. The van der Waals surface area contributed by atoms with E-state index in [1.807, 2.05) is 45.9 Å². The van der Waals surface area contributed by atoms with E-state index in [2.05, 4.69) is 5.32 Å². The van der Waals surface area contributed by atoms with Crippen LogP contribution in [-0.2, 0) is 14.4 Å². The van der Waals surface area contributed by atoms with E-state index in [0.717, 1.165) is 5.56 Å². The normalized spacial score (nSPS) is 32.4. The molecule has 2 aliphatic carbocycles. The van der Waals surface area contributed by atoms with E-state index in [9.17, 15) is 14.4 Å². The molecule has 0 saturated heterocycles. The molecule has 2 fully saturated rings. The van der Waals surface area contributed by atoms with Gasteiger partial charge < -0.3 is 5.32 Å². The van der Waals surface area contributed by atoms with Gasteiger partial charge in [0.2, 0.25) is 17.5 Å². The van der Waals surface area contributed by atoms with Gasteiger partial charge in [0.1, 0.15) is 5.41 Å². The lowest BCUT2D eigenvalue weighted by molar-refractivity contribution is -0.147. The zero-order chi connectivity index (χ0) is 16.3. The lowest BCUT2D eigenvalue weighted by Crippen LogP contribution is -2.47. The van der Waals surface area contributed by atoms with Gasteiger partial charge in [0.15, 0.2) is 0 Å². The van der Waals surface area contributed by atoms with Crippen molar-refractivity contribution in [2.45, 2.75) is 40.5 Å². The lowest BCUT2D eigenvalue weighted by atomic mass is 9.64. The third-order valence-electron chi connectivity index (χ3n) is 6.20. The molecule has 0 heterocycles. The van der Waals surface area contributed by atoms with Crippen LogP contribution in [0.3, 0.4) is 0 Å². The Morgan fingerprint density at radius 3 is 2.32 bits per heavy atom. The summed E-state index contributed by atoms with van der Waals surface area (Å²) in [5.74, 6) is -1.25. The van der Waals surface area contributed by atoms with Gasteiger partial charge in [-0.25, -0.2) is 0 Å². The maximum Gasteiger partial charge on any atom is 0.239 e. The predicted molar refractivity (Wildman–Crippen MR) is 83.4 cm³/mol. The fourth-order valence-electron chi connectivity index (χ4n) is 4.23. The molecule has 1 amide bonds. The monoisotopic (exact) mass is 299 g/mol. The maximum absolute atomic E-state index is 12.9. The van der Waals surface area contributed by atoms with Gasteiger partial charge >= 0.3 is 0 Å². The molecule has 3 rings (SSSR count). The molecule has 2 saturated carbocycles. The average Bonchev–Trinajstić information content (AvgIpc) is 2.71. The summed E-state index contributed by atoms with van der Waals surface area (Å²) in [5, 5.41) is 2.85. The van der Waals surface area contributed by atoms with E-state index in [1.54, 1.807) is 6.07 Å². The summed E-state index contributed by atoms with van der Waals surface area (Å²) in [5.41, 5.74) is -0.936. The first-order valence-electron chi connectivity index (χ1n) is 7.64. The van der Waals surface area contributed by atoms with Crippen molar-refractivity contribution in [3.8, 4) is 0 Å². The Morgan fingerprint density at radius 2 is 1.77 bits per heavy atom. The van der Waals surface area contributed by atoms with Crippen LogP contribution in [0.2, 0.25) is 0 Å². The van der Waals surface area contributed by atoms with Crippen LogP contribution in [0.4, 0.5) is 5.69 Å². The van der Waals surface area contributed by atoms with Gasteiger partial charge in [-0.1, -0.05) is 32.9 Å². The van der Waals surface area contributed by atoms with Crippen molar-refractivity contribution in [1.82, 2.24) is 0 Å². The summed E-state index contributed by atoms with van der Waals surface area (Å²) < 4.78 is 0. The van der Waals surface area contributed by atoms with Gasteiger partial charge in [-0.2, -0.15) is 0 Å². The van der Waals surface area contributed by atoms with E-state index in [4.69, 9.17) is 0 Å². The number of nitrogens with one attached hydrogen (secondary N) is 1. The van der Waals surface area contributed by atoms with Crippen molar-refractivity contribution in [2.75, 3.05) is 5.32 Å². The highest BCUT2D eigenvalue weighted by Crippen LogP contribution is 2.69. The van der Waals surface area contributed by atoms with Crippen molar-refractivity contribution in [3.05, 3.63) is 29.8 Å². The average molecular weight is 299 g/mol. The molecule has 1 aromatic carbocycles. The summed E-state index contributed by atoms with van der Waals surface area (Å²) in [7, 11) is 0. The molecule has 0 radical (unpaired) electrons. The number of amides is 1. The first-order valence-corrected chi connectivity index (χ1v) is 7.64. The molecular formula is C18H21NO3. The Bertz CT molecular complexity index is 706. The second-order valence-electron chi connectivity index (χ2n) is 7.34. The SMILES string of the molecule is Cc1cccc(NC(=O)C23CCC(C)(C(=O)C2=O)C3(C)C)c1. The molecule has 116 valence electrons. The molecule has 1 N–H and O–H groups in total. The number of hydrogen-bond acceptors (Lipinski definition) is 3. The minimum absolute atomic E-state index is 0.345. The molecule has 0 spiro atoms. The largest absolute Gasteiger partial charge is 0.325 e. The van der Waals surface area contributed by atoms with Gasteiger partial charge in [0.05, 0.1) is 0 Å². The molecule has 4 nitrogen and oxygen atoms in total. The molecule has 2 aliphatic rings. The zero-order valence-electron chi connectivity index (χ0n) is 13.4. The Balaban J connectivity index is 2.01. The molecular weight excluding hydrogens is 278 g/mol. The summed E-state index contributed by atoms with van der Waals surface area (Å²) in [4.78, 5) is 37.9. The second-order valence-corrected chi connectivity index (χ2v) is 7.34. The fourth-order valence-corrected chi connectivity index (χ4v) is 4.23. The number of carbonyl (C=O) groups is 3. The van der Waals surface area contributed by atoms with Gasteiger partial charge in [-0.15, -0.1) is 0 Å². The highest BCUT2D eigenvalue weighted by molar-refractivity contribution is 6.49. The molecule has 0 aromatic heterocycles. The number of fused-ring (bicyclic) bond motifs is 2. The van der Waals surface area contributed by atoms with Crippen LogP contribution in [0.15, 0.2) is 24.3 Å². The highest BCUT2D eigenvalue weighted by atomic mass is 16.2. The predicted octanol–water partition coefficient (Wildman–Crippen LogP) is 2.90. The van der Waals surface area contributed by atoms with Crippen LogP contribution >= 0.6 is 0 Å². The van der Waals surface area contributed by atoms with E-state index in [-0.39, 0.29) is 11.7 Å². The van der Waals surface area contributed by atoms with Crippen LogP contribution in [0.1, 0.15) is 39.2 Å². The zero-order valence-corrected chi connectivity index (χ0v) is 13.4. The Labute approximate surface area is 130 Å². The van der Waals surface area contributed by atoms with E-state index in [1.165, 1.54) is 0 Å². The molecule has 2 bridgehead atoms. The molecule has 1 aromatic rings. The number of rotatable bonds is 2. The van der Waals surface area contributed by atoms with Crippen molar-refractivity contribution in [3.63, 3.8) is 0 Å². The summed E-state index contributed by atoms with van der Waals surface area (Å²) in [6.45, 7) is 7.51. The molecule has 2 unspecified atom stereocenters. The Hall–Kier alpha value is -1.97. The topological polar surface area (TPSA) is 63.2 Å². The highest BCUT2D eigenvalue weighted by Gasteiger charge is 2.77. The number of ketones is 2. The third kappa shape index (κ3) is 1.50. The van der Waals surface area contributed by atoms with Crippen molar-refractivity contribution < 1.29 is 14.4 Å². The summed E-state index contributed by atoms with van der Waals surface area (Å²) >= 11 is 0. The first-order chi connectivity index (χ1) is 10.2. The van der Waals surface area contributed by atoms with Gasteiger partial charge in [0, 0.05) is 11.1 Å². The van der Waals surface area contributed by atoms with Gasteiger partial charge in [0.25, 0.3) is 0 Å². The Kier molecular flexibility index (Phi) is 2.91. The fraction of sp³-hybridized carbons (Fsp3) is 0.500. The number of hydrogen-bond donors (Lipinski definition) is 1. The van der Waals surface area contributed by atoms with Crippen LogP contribution < -0.4 is 5.32 Å². The van der Waals surface area contributed by atoms with Crippen molar-refractivity contribution >= 4 is 23.2 Å². The number of Topliss-reactive ketones (excluding diaryl/α,β-unsaturated/α-hetero) is 2. The van der Waals surface area contributed by atoms with Gasteiger partial charge in [-0.05, 0) is 42.9 Å². The maximum atomic E-state index is 12.9. The number of benzene rings is 1. The van der Waals surface area contributed by atoms with E-state index < -0.39 is 22.0 Å². The second kappa shape index (κ2) is 4.28. The van der Waals surface area contributed by atoms with Crippen molar-refractivity contribution in [1.29, 1.82) is 0 Å². The smallest absolute Gasteiger partial charge is 0.239 e. The minimum Gasteiger partial charge on any atom is -0.325 e. The molecule has 0 aliphatic heterocycles. The summed E-state index contributed by atoms with van der Waals surface area (Å²) in [6, 6.07) is 7.45. The first kappa shape index (κ1) is 14.9. The van der Waals surface area contributed by atoms with Crippen molar-refractivity contribution in [2.24, 2.45) is 16.2 Å². The van der Waals surface area contributed by atoms with Gasteiger partial charge in [-0.3, -0.25) is 14.4 Å². The third-order valence-corrected chi connectivity index (χ3v) is 6.20. The minimum atomic E-state index is -1.23. The lowest BCUT2D eigenvalue weighted by Gasteiger charge is -2.37. The van der Waals surface area contributed by atoms with Crippen LogP contribution in [0.25, 0.3) is 0 Å². The molecule has 4 heteroatoms. The number of carbonyl (C=O) groups excluding carboxylic acids is 3. The summed E-state index contributed by atoms with van der Waals surface area (Å²) in [6.07, 6.45) is 1.03. The van der Waals surface area contributed by atoms with Crippen LogP contribution in [-0.4, -0.2) is 17.5 Å². The molecule has 22 heavy (non-hydrogen) atoms. The van der Waals surface area contributed by atoms with Crippen LogP contribution in [0, 0.1) is 23.2 Å².